The third kappa shape index (κ3) is 3.44. The number of aromatic nitrogens is 1. The normalized spacial score (nSPS) is 28.6. The van der Waals surface area contributed by atoms with Gasteiger partial charge in [0.05, 0.1) is 18.3 Å². The van der Waals surface area contributed by atoms with E-state index in [1.807, 2.05) is 19.0 Å². The van der Waals surface area contributed by atoms with Crippen molar-refractivity contribution >= 4 is 46.4 Å². The van der Waals surface area contributed by atoms with E-state index < -0.39 is 0 Å². The van der Waals surface area contributed by atoms with E-state index in [1.165, 1.54) is 25.7 Å². The fraction of sp³-hybridized carbons (Fsp3) is 0.778. The molecule has 0 radical (unpaired) electrons. The molecule has 2 heterocycles. The van der Waals surface area contributed by atoms with Crippen LogP contribution < -0.4 is 15.5 Å². The molecule has 3 atom stereocenters. The largest absolute Gasteiger partial charge is 0.377 e. The first kappa shape index (κ1) is 20.1. The molecule has 3 fully saturated rings. The Morgan fingerprint density at radius 1 is 1.46 bits per heavy atom. The molecule has 1 saturated heterocycles. The van der Waals surface area contributed by atoms with Crippen LogP contribution in [0.1, 0.15) is 38.3 Å². The summed E-state index contributed by atoms with van der Waals surface area (Å²) < 4.78 is 6.02. The molecule has 1 aromatic heterocycles. The Morgan fingerprint density at radius 3 is 2.88 bits per heavy atom. The number of halogens is 1. The van der Waals surface area contributed by atoms with E-state index in [1.54, 1.807) is 11.3 Å². The van der Waals surface area contributed by atoms with Crippen molar-refractivity contribution in [1.82, 2.24) is 15.6 Å². The second-order valence-corrected chi connectivity index (χ2v) is 8.50. The maximum absolute atomic E-state index is 6.02. The van der Waals surface area contributed by atoms with Crippen LogP contribution >= 0.6 is 35.3 Å². The van der Waals surface area contributed by atoms with Crippen molar-refractivity contribution in [1.29, 1.82) is 0 Å². The highest BCUT2D eigenvalue weighted by atomic mass is 127. The van der Waals surface area contributed by atoms with E-state index in [9.17, 15) is 0 Å². The molecule has 1 aliphatic heterocycles. The predicted molar refractivity (Wildman–Crippen MR) is 118 cm³/mol. The van der Waals surface area contributed by atoms with E-state index in [4.69, 9.17) is 9.73 Å². The van der Waals surface area contributed by atoms with Crippen LogP contribution in [0, 0.1) is 11.3 Å². The smallest absolute Gasteiger partial charge is 0.191 e. The van der Waals surface area contributed by atoms with Crippen LogP contribution in [0.3, 0.4) is 0 Å². The van der Waals surface area contributed by atoms with E-state index in [0.29, 0.717) is 30.0 Å². The Labute approximate surface area is 177 Å². The lowest BCUT2D eigenvalue weighted by Gasteiger charge is -2.63. The molecule has 1 spiro atoms. The van der Waals surface area contributed by atoms with Gasteiger partial charge in [0, 0.05) is 50.0 Å². The Hall–Kier alpha value is -0.610. The molecule has 6 nitrogen and oxygen atoms in total. The molecule has 2 aliphatic carbocycles. The Balaban J connectivity index is 0.00000196. The van der Waals surface area contributed by atoms with Gasteiger partial charge in [-0.1, -0.05) is 6.42 Å². The third-order valence-corrected chi connectivity index (χ3v) is 7.05. The van der Waals surface area contributed by atoms with Gasteiger partial charge in [0.15, 0.2) is 11.1 Å². The molecule has 4 rings (SSSR count). The van der Waals surface area contributed by atoms with Gasteiger partial charge in [-0.2, -0.15) is 0 Å². The first-order valence-electron chi connectivity index (χ1n) is 9.42. The molecule has 2 saturated carbocycles. The van der Waals surface area contributed by atoms with Crippen LogP contribution in [0.4, 0.5) is 5.13 Å². The lowest BCUT2D eigenvalue weighted by Crippen LogP contribution is -2.72. The summed E-state index contributed by atoms with van der Waals surface area (Å²) in [5, 5.41) is 10.3. The fourth-order valence-electron chi connectivity index (χ4n) is 4.66. The number of hydrogen-bond acceptors (Lipinski definition) is 5. The molecular formula is C18H30IN5OS. The van der Waals surface area contributed by atoms with Crippen LogP contribution in [0.25, 0.3) is 0 Å². The van der Waals surface area contributed by atoms with Gasteiger partial charge in [-0.25, -0.2) is 9.98 Å². The van der Waals surface area contributed by atoms with Crippen molar-refractivity contribution < 1.29 is 4.74 Å². The quantitative estimate of drug-likeness (QED) is 0.377. The number of aliphatic imine (C=N–C) groups is 1. The molecule has 0 aromatic carbocycles. The number of guanidine groups is 1. The van der Waals surface area contributed by atoms with Crippen molar-refractivity contribution in [3.63, 3.8) is 0 Å². The molecule has 0 amide bonds. The highest BCUT2D eigenvalue weighted by molar-refractivity contribution is 14.0. The monoisotopic (exact) mass is 491 g/mol. The van der Waals surface area contributed by atoms with Crippen molar-refractivity contribution in [2.24, 2.45) is 16.3 Å². The minimum absolute atomic E-state index is 0. The minimum atomic E-state index is 0. The predicted octanol–water partition coefficient (Wildman–Crippen LogP) is 2.84. The molecule has 146 valence electrons. The lowest BCUT2D eigenvalue weighted by molar-refractivity contribution is -0.171. The number of anilines is 1. The van der Waals surface area contributed by atoms with Crippen LogP contribution in [0.15, 0.2) is 10.4 Å². The van der Waals surface area contributed by atoms with Crippen molar-refractivity contribution in [2.45, 2.75) is 51.3 Å². The van der Waals surface area contributed by atoms with Crippen LogP contribution in [-0.4, -0.2) is 50.3 Å². The van der Waals surface area contributed by atoms with Gasteiger partial charge in [-0.05, 0) is 26.2 Å². The number of hydrogen-bond donors (Lipinski definition) is 2. The SMILES string of the molecule is CCNC(=NCc1csc(N(C)C)n1)NC1C2CCOC2C12CCC2.I. The average Bonchev–Trinajstić information content (AvgIpc) is 3.16. The Morgan fingerprint density at radius 2 is 2.27 bits per heavy atom. The summed E-state index contributed by atoms with van der Waals surface area (Å²) in [7, 11) is 4.04. The standard InChI is InChI=1S/C18H29N5OS.HI/c1-4-19-16(20-10-12-11-25-17(21-12)23(2)3)22-14-13-6-9-24-15(13)18(14)7-5-8-18;/h11,13-15H,4-10H2,1-3H3,(H2,19,20,22);1H. The molecule has 3 unspecified atom stereocenters. The van der Waals surface area contributed by atoms with E-state index in [0.717, 1.165) is 29.9 Å². The second kappa shape index (κ2) is 8.18. The van der Waals surface area contributed by atoms with Gasteiger partial charge < -0.3 is 20.3 Å². The van der Waals surface area contributed by atoms with E-state index >= 15 is 0 Å². The van der Waals surface area contributed by atoms with Gasteiger partial charge in [0.2, 0.25) is 0 Å². The summed E-state index contributed by atoms with van der Waals surface area (Å²) >= 11 is 1.67. The van der Waals surface area contributed by atoms with Gasteiger partial charge >= 0.3 is 0 Å². The van der Waals surface area contributed by atoms with Gasteiger partial charge in [-0.3, -0.25) is 0 Å². The molecular weight excluding hydrogens is 461 g/mol. The van der Waals surface area contributed by atoms with Crippen LogP contribution in [0.5, 0.6) is 0 Å². The number of nitrogens with one attached hydrogen (secondary N) is 2. The maximum atomic E-state index is 6.02. The first-order valence-corrected chi connectivity index (χ1v) is 10.3. The zero-order valence-corrected chi connectivity index (χ0v) is 19.0. The summed E-state index contributed by atoms with van der Waals surface area (Å²) in [6, 6.07) is 0.513. The van der Waals surface area contributed by atoms with Gasteiger partial charge in [-0.15, -0.1) is 35.3 Å². The van der Waals surface area contributed by atoms with Gasteiger partial charge in [0.1, 0.15) is 0 Å². The lowest BCUT2D eigenvalue weighted by atomic mass is 9.46. The van der Waals surface area contributed by atoms with Crippen molar-refractivity contribution in [2.75, 3.05) is 32.1 Å². The molecule has 0 bridgehead atoms. The Bertz CT molecular complexity index is 645. The Kier molecular flexibility index (Phi) is 6.33. The topological polar surface area (TPSA) is 61.8 Å². The zero-order valence-electron chi connectivity index (χ0n) is 15.8. The number of fused-ring (bicyclic) bond motifs is 2. The number of rotatable bonds is 5. The molecule has 1 aromatic rings. The summed E-state index contributed by atoms with van der Waals surface area (Å²) in [6.07, 6.45) is 5.60. The van der Waals surface area contributed by atoms with Gasteiger partial charge in [0.25, 0.3) is 0 Å². The van der Waals surface area contributed by atoms with E-state index in [2.05, 4.69) is 27.9 Å². The summed E-state index contributed by atoms with van der Waals surface area (Å²) in [6.45, 7) is 4.53. The maximum Gasteiger partial charge on any atom is 0.191 e. The number of thiazole rings is 1. The van der Waals surface area contributed by atoms with Crippen LogP contribution in [-0.2, 0) is 11.3 Å². The number of nitrogens with zero attached hydrogens (tertiary/aromatic N) is 3. The summed E-state index contributed by atoms with van der Waals surface area (Å²) in [5.74, 6) is 1.58. The third-order valence-electron chi connectivity index (χ3n) is 5.99. The minimum Gasteiger partial charge on any atom is -0.377 e. The highest BCUT2D eigenvalue weighted by Crippen LogP contribution is 2.62. The fourth-order valence-corrected chi connectivity index (χ4v) is 5.41. The number of ether oxygens (including phenoxy) is 1. The molecule has 26 heavy (non-hydrogen) atoms. The van der Waals surface area contributed by atoms with E-state index in [-0.39, 0.29) is 24.0 Å². The molecule has 8 heteroatoms. The molecule has 3 aliphatic rings. The first-order chi connectivity index (χ1) is 12.1. The summed E-state index contributed by atoms with van der Waals surface area (Å²) in [4.78, 5) is 11.5. The molecule has 2 N–H and O–H groups in total. The zero-order chi connectivity index (χ0) is 17.4. The average molecular weight is 491 g/mol. The summed E-state index contributed by atoms with van der Waals surface area (Å²) in [5.41, 5.74) is 1.40. The highest BCUT2D eigenvalue weighted by Gasteiger charge is 2.66. The van der Waals surface area contributed by atoms with Crippen molar-refractivity contribution in [3.05, 3.63) is 11.1 Å². The van der Waals surface area contributed by atoms with Crippen molar-refractivity contribution in [3.8, 4) is 0 Å². The van der Waals surface area contributed by atoms with Crippen LogP contribution in [0.2, 0.25) is 0 Å². The second-order valence-electron chi connectivity index (χ2n) is 7.66.